The normalized spacial score (nSPS) is 11.5. The number of rotatable bonds is 8. The molecular formula is C15H25ClN2O. The second-order valence-electron chi connectivity index (χ2n) is 4.65. The monoisotopic (exact) mass is 284 g/mol. The van der Waals surface area contributed by atoms with E-state index in [1.54, 1.807) is 0 Å². The molecule has 0 radical (unpaired) electrons. The van der Waals surface area contributed by atoms with Crippen LogP contribution in [0.1, 0.15) is 38.2 Å². The van der Waals surface area contributed by atoms with Gasteiger partial charge in [0.2, 0.25) is 5.91 Å². The van der Waals surface area contributed by atoms with Crippen molar-refractivity contribution in [1.29, 1.82) is 0 Å². The van der Waals surface area contributed by atoms with Crippen molar-refractivity contribution in [3.05, 3.63) is 35.9 Å². The molecule has 1 aromatic carbocycles. The van der Waals surface area contributed by atoms with Gasteiger partial charge in [0.25, 0.3) is 0 Å². The van der Waals surface area contributed by atoms with Crippen LogP contribution in [0.25, 0.3) is 0 Å². The Hall–Kier alpha value is -1.06. The quantitative estimate of drug-likeness (QED) is 0.721. The first kappa shape index (κ1) is 17.9. The van der Waals surface area contributed by atoms with E-state index >= 15 is 0 Å². The summed E-state index contributed by atoms with van der Waals surface area (Å²) in [7, 11) is 0. The molecule has 1 rings (SSSR count). The molecule has 0 aliphatic carbocycles. The standard InChI is InChI=1S/C15H24N2O.ClH/c1-2-3-4-8-11-17-15(18)14(16)12-13-9-6-5-7-10-13;/h5-7,9-10,14H,2-4,8,11-12,16H2,1H3,(H,17,18);1H/t14-;/m0./s1. The molecule has 1 atom stereocenters. The lowest BCUT2D eigenvalue weighted by atomic mass is 10.1. The zero-order valence-corrected chi connectivity index (χ0v) is 12.4. The van der Waals surface area contributed by atoms with Crippen molar-refractivity contribution in [3.63, 3.8) is 0 Å². The fourth-order valence-electron chi connectivity index (χ4n) is 1.86. The van der Waals surface area contributed by atoms with Crippen LogP contribution in [0.2, 0.25) is 0 Å². The van der Waals surface area contributed by atoms with E-state index in [1.165, 1.54) is 19.3 Å². The number of carbonyl (C=O) groups is 1. The lowest BCUT2D eigenvalue weighted by Gasteiger charge is -2.12. The first-order valence-electron chi connectivity index (χ1n) is 6.81. The zero-order valence-electron chi connectivity index (χ0n) is 11.6. The highest BCUT2D eigenvalue weighted by Gasteiger charge is 2.12. The molecule has 0 aromatic heterocycles. The molecule has 0 saturated carbocycles. The largest absolute Gasteiger partial charge is 0.355 e. The molecular weight excluding hydrogens is 260 g/mol. The average molecular weight is 285 g/mol. The Morgan fingerprint density at radius 1 is 1.21 bits per heavy atom. The Morgan fingerprint density at radius 2 is 1.89 bits per heavy atom. The van der Waals surface area contributed by atoms with Gasteiger partial charge in [0, 0.05) is 6.54 Å². The molecule has 3 N–H and O–H groups in total. The third kappa shape index (κ3) is 7.85. The molecule has 0 aliphatic rings. The molecule has 0 saturated heterocycles. The number of carbonyl (C=O) groups excluding carboxylic acids is 1. The number of benzene rings is 1. The van der Waals surface area contributed by atoms with Gasteiger partial charge in [-0.3, -0.25) is 4.79 Å². The van der Waals surface area contributed by atoms with E-state index in [0.29, 0.717) is 6.42 Å². The Labute approximate surface area is 122 Å². The average Bonchev–Trinajstić information content (AvgIpc) is 2.39. The topological polar surface area (TPSA) is 55.1 Å². The van der Waals surface area contributed by atoms with Crippen LogP contribution in [0.5, 0.6) is 0 Å². The van der Waals surface area contributed by atoms with Gasteiger partial charge in [0.15, 0.2) is 0 Å². The molecule has 0 spiro atoms. The predicted molar refractivity (Wildman–Crippen MR) is 82.5 cm³/mol. The summed E-state index contributed by atoms with van der Waals surface area (Å²) in [6.07, 6.45) is 5.25. The summed E-state index contributed by atoms with van der Waals surface area (Å²) in [6, 6.07) is 9.43. The molecule has 1 amide bonds. The first-order chi connectivity index (χ1) is 8.74. The summed E-state index contributed by atoms with van der Waals surface area (Å²) in [5.74, 6) is -0.0460. The van der Waals surface area contributed by atoms with Crippen LogP contribution in [-0.4, -0.2) is 18.5 Å². The molecule has 3 nitrogen and oxygen atoms in total. The summed E-state index contributed by atoms with van der Waals surface area (Å²) in [5.41, 5.74) is 6.98. The van der Waals surface area contributed by atoms with Crippen molar-refractivity contribution < 1.29 is 4.79 Å². The minimum atomic E-state index is -0.446. The van der Waals surface area contributed by atoms with Crippen LogP contribution in [-0.2, 0) is 11.2 Å². The lowest BCUT2D eigenvalue weighted by Crippen LogP contribution is -2.42. The van der Waals surface area contributed by atoms with Crippen LogP contribution in [0.15, 0.2) is 30.3 Å². The highest BCUT2D eigenvalue weighted by molar-refractivity contribution is 5.85. The van der Waals surface area contributed by atoms with E-state index in [4.69, 9.17) is 5.73 Å². The summed E-state index contributed by atoms with van der Waals surface area (Å²) < 4.78 is 0. The van der Waals surface area contributed by atoms with Gasteiger partial charge in [-0.1, -0.05) is 56.5 Å². The Morgan fingerprint density at radius 3 is 2.53 bits per heavy atom. The Balaban J connectivity index is 0.00000324. The minimum absolute atomic E-state index is 0. The van der Waals surface area contributed by atoms with E-state index in [2.05, 4.69) is 12.2 Å². The Bertz CT molecular complexity index is 343. The van der Waals surface area contributed by atoms with E-state index in [1.807, 2.05) is 30.3 Å². The SMILES string of the molecule is CCCCCCNC(=O)[C@@H](N)Cc1ccccc1.Cl. The van der Waals surface area contributed by atoms with Crippen LogP contribution >= 0.6 is 12.4 Å². The molecule has 0 heterocycles. The predicted octanol–water partition coefficient (Wildman–Crippen LogP) is 2.67. The zero-order chi connectivity index (χ0) is 13.2. The smallest absolute Gasteiger partial charge is 0.237 e. The maximum absolute atomic E-state index is 11.7. The van der Waals surface area contributed by atoms with Gasteiger partial charge in [-0.15, -0.1) is 12.4 Å². The summed E-state index contributed by atoms with van der Waals surface area (Å²) in [4.78, 5) is 11.7. The van der Waals surface area contributed by atoms with Gasteiger partial charge in [0.05, 0.1) is 6.04 Å². The molecule has 0 unspecified atom stereocenters. The molecule has 19 heavy (non-hydrogen) atoms. The maximum atomic E-state index is 11.7. The van der Waals surface area contributed by atoms with E-state index in [9.17, 15) is 4.79 Å². The molecule has 0 bridgehead atoms. The second kappa shape index (κ2) is 10.8. The van der Waals surface area contributed by atoms with E-state index in [0.717, 1.165) is 18.5 Å². The fraction of sp³-hybridized carbons (Fsp3) is 0.533. The number of hydrogen-bond donors (Lipinski definition) is 2. The summed E-state index contributed by atoms with van der Waals surface area (Å²) >= 11 is 0. The van der Waals surface area contributed by atoms with Crippen molar-refractivity contribution in [1.82, 2.24) is 5.32 Å². The van der Waals surface area contributed by atoms with Gasteiger partial charge in [-0.2, -0.15) is 0 Å². The van der Waals surface area contributed by atoms with Crippen molar-refractivity contribution >= 4 is 18.3 Å². The van der Waals surface area contributed by atoms with Crippen LogP contribution in [0.4, 0.5) is 0 Å². The number of amides is 1. The number of hydrogen-bond acceptors (Lipinski definition) is 2. The number of nitrogens with one attached hydrogen (secondary N) is 1. The third-order valence-electron chi connectivity index (χ3n) is 2.96. The van der Waals surface area contributed by atoms with Gasteiger partial charge >= 0.3 is 0 Å². The first-order valence-corrected chi connectivity index (χ1v) is 6.81. The fourth-order valence-corrected chi connectivity index (χ4v) is 1.86. The van der Waals surface area contributed by atoms with Crippen molar-refractivity contribution in [2.45, 2.75) is 45.1 Å². The number of unbranched alkanes of at least 4 members (excludes halogenated alkanes) is 3. The van der Waals surface area contributed by atoms with Crippen molar-refractivity contribution in [2.24, 2.45) is 5.73 Å². The van der Waals surface area contributed by atoms with Crippen LogP contribution in [0, 0.1) is 0 Å². The van der Waals surface area contributed by atoms with Gasteiger partial charge in [0.1, 0.15) is 0 Å². The van der Waals surface area contributed by atoms with Crippen LogP contribution in [0.3, 0.4) is 0 Å². The van der Waals surface area contributed by atoms with E-state index in [-0.39, 0.29) is 18.3 Å². The molecule has 1 aromatic rings. The molecule has 0 fully saturated rings. The lowest BCUT2D eigenvalue weighted by molar-refractivity contribution is -0.122. The molecule has 0 aliphatic heterocycles. The third-order valence-corrected chi connectivity index (χ3v) is 2.96. The van der Waals surface area contributed by atoms with Gasteiger partial charge < -0.3 is 11.1 Å². The van der Waals surface area contributed by atoms with E-state index < -0.39 is 6.04 Å². The Kier molecular flexibility index (Phi) is 10.2. The van der Waals surface area contributed by atoms with Crippen LogP contribution < -0.4 is 11.1 Å². The minimum Gasteiger partial charge on any atom is -0.355 e. The maximum Gasteiger partial charge on any atom is 0.237 e. The number of halogens is 1. The van der Waals surface area contributed by atoms with Crippen molar-refractivity contribution in [2.75, 3.05) is 6.54 Å². The second-order valence-corrected chi connectivity index (χ2v) is 4.65. The summed E-state index contributed by atoms with van der Waals surface area (Å²) in [5, 5.41) is 2.90. The highest BCUT2D eigenvalue weighted by Crippen LogP contribution is 2.02. The molecule has 4 heteroatoms. The van der Waals surface area contributed by atoms with Gasteiger partial charge in [-0.25, -0.2) is 0 Å². The van der Waals surface area contributed by atoms with Gasteiger partial charge in [-0.05, 0) is 18.4 Å². The molecule has 108 valence electrons. The van der Waals surface area contributed by atoms with Crippen molar-refractivity contribution in [3.8, 4) is 0 Å². The number of nitrogens with two attached hydrogens (primary N) is 1. The highest BCUT2D eigenvalue weighted by atomic mass is 35.5. The summed E-state index contributed by atoms with van der Waals surface area (Å²) in [6.45, 7) is 2.91.